The van der Waals surface area contributed by atoms with Crippen LogP contribution in [0.1, 0.15) is 11.1 Å². The van der Waals surface area contributed by atoms with Gasteiger partial charge in [-0.05, 0) is 34.1 Å². The molecule has 0 spiro atoms. The molecular weight excluding hydrogens is 320 g/mol. The van der Waals surface area contributed by atoms with Gasteiger partial charge in [0.05, 0.1) is 18.7 Å². The SMILES string of the molecule is COc1cc(C#N)ccc1OCc1cccc(N)c1Br. The fourth-order valence-electron chi connectivity index (χ4n) is 1.72. The number of ether oxygens (including phenoxy) is 2. The summed E-state index contributed by atoms with van der Waals surface area (Å²) in [5.41, 5.74) is 7.95. The number of nitriles is 1. The lowest BCUT2D eigenvalue weighted by Crippen LogP contribution is -2.00. The van der Waals surface area contributed by atoms with E-state index >= 15 is 0 Å². The maximum absolute atomic E-state index is 8.86. The van der Waals surface area contributed by atoms with Crippen LogP contribution >= 0.6 is 15.9 Å². The molecule has 2 aromatic rings. The van der Waals surface area contributed by atoms with Crippen LogP contribution in [0.15, 0.2) is 40.9 Å². The van der Waals surface area contributed by atoms with Crippen LogP contribution in [0, 0.1) is 11.3 Å². The van der Waals surface area contributed by atoms with Crippen LogP contribution in [0.25, 0.3) is 0 Å². The number of nitrogens with two attached hydrogens (primary N) is 1. The van der Waals surface area contributed by atoms with E-state index in [4.69, 9.17) is 20.5 Å². The molecule has 5 heteroatoms. The van der Waals surface area contributed by atoms with Crippen LogP contribution in [-0.2, 0) is 6.61 Å². The van der Waals surface area contributed by atoms with E-state index < -0.39 is 0 Å². The molecule has 0 saturated carbocycles. The fourth-order valence-corrected chi connectivity index (χ4v) is 2.10. The smallest absolute Gasteiger partial charge is 0.162 e. The Hall–Kier alpha value is -2.19. The number of methoxy groups -OCH3 is 1. The Bertz CT molecular complexity index is 665. The minimum absolute atomic E-state index is 0.355. The lowest BCUT2D eigenvalue weighted by atomic mass is 10.2. The van der Waals surface area contributed by atoms with Crippen molar-refractivity contribution in [3.05, 3.63) is 52.0 Å². The van der Waals surface area contributed by atoms with Crippen molar-refractivity contribution in [2.45, 2.75) is 6.61 Å². The Labute approximate surface area is 125 Å². The monoisotopic (exact) mass is 332 g/mol. The molecule has 0 saturated heterocycles. The number of rotatable bonds is 4. The Morgan fingerprint density at radius 1 is 1.25 bits per heavy atom. The van der Waals surface area contributed by atoms with Crippen molar-refractivity contribution in [1.29, 1.82) is 5.26 Å². The Morgan fingerprint density at radius 2 is 2.05 bits per heavy atom. The van der Waals surface area contributed by atoms with E-state index in [1.165, 1.54) is 0 Å². The van der Waals surface area contributed by atoms with E-state index in [0.717, 1.165) is 10.0 Å². The molecule has 0 atom stereocenters. The van der Waals surface area contributed by atoms with Gasteiger partial charge in [0.25, 0.3) is 0 Å². The highest BCUT2D eigenvalue weighted by molar-refractivity contribution is 9.10. The van der Waals surface area contributed by atoms with Gasteiger partial charge in [0.1, 0.15) is 6.61 Å². The Morgan fingerprint density at radius 3 is 2.75 bits per heavy atom. The van der Waals surface area contributed by atoms with Crippen molar-refractivity contribution in [2.75, 3.05) is 12.8 Å². The summed E-state index contributed by atoms with van der Waals surface area (Å²) in [4.78, 5) is 0. The molecular formula is C15H13BrN2O2. The Balaban J connectivity index is 2.19. The van der Waals surface area contributed by atoms with Gasteiger partial charge in [0.15, 0.2) is 11.5 Å². The first kappa shape index (κ1) is 14.2. The number of hydrogen-bond acceptors (Lipinski definition) is 4. The molecule has 2 aromatic carbocycles. The average Bonchev–Trinajstić information content (AvgIpc) is 2.48. The second kappa shape index (κ2) is 6.31. The summed E-state index contributed by atoms with van der Waals surface area (Å²) < 4.78 is 11.8. The van der Waals surface area contributed by atoms with Crippen molar-refractivity contribution in [3.63, 3.8) is 0 Å². The van der Waals surface area contributed by atoms with Crippen molar-refractivity contribution < 1.29 is 9.47 Å². The van der Waals surface area contributed by atoms with Gasteiger partial charge < -0.3 is 15.2 Å². The topological polar surface area (TPSA) is 68.3 Å². The number of anilines is 1. The Kier molecular flexibility index (Phi) is 4.49. The summed E-state index contributed by atoms with van der Waals surface area (Å²) in [5.74, 6) is 1.12. The minimum atomic E-state index is 0.355. The number of nitrogens with zero attached hydrogens (tertiary/aromatic N) is 1. The summed E-state index contributed by atoms with van der Waals surface area (Å²) in [5, 5.41) is 8.86. The number of benzene rings is 2. The van der Waals surface area contributed by atoms with Crippen molar-refractivity contribution in [2.24, 2.45) is 0 Å². The lowest BCUT2D eigenvalue weighted by molar-refractivity contribution is 0.284. The maximum atomic E-state index is 8.86. The molecule has 0 aliphatic carbocycles. The highest BCUT2D eigenvalue weighted by atomic mass is 79.9. The zero-order chi connectivity index (χ0) is 14.5. The molecule has 0 fully saturated rings. The third-order valence-electron chi connectivity index (χ3n) is 2.78. The van der Waals surface area contributed by atoms with E-state index in [-0.39, 0.29) is 0 Å². The standard InChI is InChI=1S/C15H13BrN2O2/c1-19-14-7-10(8-17)5-6-13(14)20-9-11-3-2-4-12(18)15(11)16/h2-7H,9,18H2,1H3. The molecule has 0 amide bonds. The second-order valence-electron chi connectivity index (χ2n) is 4.09. The normalized spacial score (nSPS) is 9.85. The molecule has 0 aliphatic rings. The zero-order valence-electron chi connectivity index (χ0n) is 10.9. The molecule has 2 N–H and O–H groups in total. The molecule has 0 unspecified atom stereocenters. The molecule has 2 rings (SSSR count). The first-order chi connectivity index (χ1) is 9.65. The third-order valence-corrected chi connectivity index (χ3v) is 3.75. The van der Waals surface area contributed by atoms with Gasteiger partial charge in [-0.1, -0.05) is 12.1 Å². The van der Waals surface area contributed by atoms with Crippen LogP contribution < -0.4 is 15.2 Å². The van der Waals surface area contributed by atoms with Crippen LogP contribution in [0.2, 0.25) is 0 Å². The highest BCUT2D eigenvalue weighted by Gasteiger charge is 2.08. The summed E-state index contributed by atoms with van der Waals surface area (Å²) >= 11 is 3.43. The fraction of sp³-hybridized carbons (Fsp3) is 0.133. The molecule has 0 aliphatic heterocycles. The van der Waals surface area contributed by atoms with Crippen LogP contribution in [-0.4, -0.2) is 7.11 Å². The van der Waals surface area contributed by atoms with Gasteiger partial charge in [0, 0.05) is 21.8 Å². The summed E-state index contributed by atoms with van der Waals surface area (Å²) in [6.45, 7) is 0.355. The van der Waals surface area contributed by atoms with Crippen LogP contribution in [0.4, 0.5) is 5.69 Å². The predicted octanol–water partition coefficient (Wildman–Crippen LogP) is 3.49. The van der Waals surface area contributed by atoms with E-state index in [1.807, 2.05) is 18.2 Å². The second-order valence-corrected chi connectivity index (χ2v) is 4.88. The van der Waals surface area contributed by atoms with Crippen LogP contribution in [0.3, 0.4) is 0 Å². The first-order valence-corrected chi connectivity index (χ1v) is 6.69. The van der Waals surface area contributed by atoms with E-state index in [2.05, 4.69) is 22.0 Å². The lowest BCUT2D eigenvalue weighted by Gasteiger charge is -2.12. The van der Waals surface area contributed by atoms with E-state index in [9.17, 15) is 0 Å². The zero-order valence-corrected chi connectivity index (χ0v) is 12.5. The number of halogens is 1. The minimum Gasteiger partial charge on any atom is -0.493 e. The maximum Gasteiger partial charge on any atom is 0.162 e. The summed E-state index contributed by atoms with van der Waals surface area (Å²) in [6, 6.07) is 12.7. The molecule has 102 valence electrons. The highest BCUT2D eigenvalue weighted by Crippen LogP contribution is 2.30. The van der Waals surface area contributed by atoms with Gasteiger partial charge >= 0.3 is 0 Å². The quantitative estimate of drug-likeness (QED) is 0.870. The van der Waals surface area contributed by atoms with Gasteiger partial charge in [-0.15, -0.1) is 0 Å². The van der Waals surface area contributed by atoms with E-state index in [0.29, 0.717) is 29.4 Å². The van der Waals surface area contributed by atoms with Crippen molar-refractivity contribution in [1.82, 2.24) is 0 Å². The molecule has 0 heterocycles. The molecule has 20 heavy (non-hydrogen) atoms. The summed E-state index contributed by atoms with van der Waals surface area (Å²) in [6.07, 6.45) is 0. The largest absolute Gasteiger partial charge is 0.493 e. The predicted molar refractivity (Wildman–Crippen MR) is 80.6 cm³/mol. The van der Waals surface area contributed by atoms with Gasteiger partial charge in [-0.25, -0.2) is 0 Å². The van der Waals surface area contributed by atoms with Crippen molar-refractivity contribution >= 4 is 21.6 Å². The van der Waals surface area contributed by atoms with Crippen LogP contribution in [0.5, 0.6) is 11.5 Å². The van der Waals surface area contributed by atoms with Gasteiger partial charge in [0.2, 0.25) is 0 Å². The van der Waals surface area contributed by atoms with Crippen molar-refractivity contribution in [3.8, 4) is 17.6 Å². The molecule has 4 nitrogen and oxygen atoms in total. The molecule has 0 radical (unpaired) electrons. The first-order valence-electron chi connectivity index (χ1n) is 5.89. The van der Waals surface area contributed by atoms with Gasteiger partial charge in [-0.3, -0.25) is 0 Å². The molecule has 0 bridgehead atoms. The summed E-state index contributed by atoms with van der Waals surface area (Å²) in [7, 11) is 1.54. The number of hydrogen-bond donors (Lipinski definition) is 1. The molecule has 0 aromatic heterocycles. The van der Waals surface area contributed by atoms with E-state index in [1.54, 1.807) is 25.3 Å². The number of nitrogen functional groups attached to an aromatic ring is 1. The third kappa shape index (κ3) is 3.03. The van der Waals surface area contributed by atoms with Gasteiger partial charge in [-0.2, -0.15) is 5.26 Å². The average molecular weight is 333 g/mol.